The Morgan fingerprint density at radius 1 is 1.53 bits per heavy atom. The van der Waals surface area contributed by atoms with Crippen molar-refractivity contribution in [2.45, 2.75) is 18.9 Å². The molecule has 0 saturated carbocycles. The minimum absolute atomic E-state index is 0.245. The van der Waals surface area contributed by atoms with Crippen molar-refractivity contribution in [3.05, 3.63) is 28.8 Å². The fourth-order valence-corrected chi connectivity index (χ4v) is 2.39. The van der Waals surface area contributed by atoms with E-state index in [0.29, 0.717) is 0 Å². The summed E-state index contributed by atoms with van der Waals surface area (Å²) < 4.78 is 5.32. The number of hydrogen-bond donors (Lipinski definition) is 2. The van der Waals surface area contributed by atoms with E-state index in [9.17, 15) is 0 Å². The van der Waals surface area contributed by atoms with Gasteiger partial charge in [-0.15, -0.1) is 0 Å². The van der Waals surface area contributed by atoms with E-state index in [1.807, 2.05) is 30.0 Å². The predicted octanol–water partition coefficient (Wildman–Crippen LogP) is 2.48. The van der Waals surface area contributed by atoms with E-state index in [1.54, 1.807) is 7.11 Å². The summed E-state index contributed by atoms with van der Waals surface area (Å²) in [5.74, 6) is 7.50. The number of methoxy groups -OCH3 is 1. The minimum Gasteiger partial charge on any atom is -0.496 e. The van der Waals surface area contributed by atoms with Gasteiger partial charge < -0.3 is 4.74 Å². The molecule has 0 fully saturated rings. The molecular weight excluding hydrogens is 256 g/mol. The van der Waals surface area contributed by atoms with E-state index in [0.717, 1.165) is 34.9 Å². The third-order valence-corrected chi connectivity index (χ3v) is 3.49. The highest BCUT2D eigenvalue weighted by atomic mass is 35.5. The number of hydrazine groups is 1. The van der Waals surface area contributed by atoms with Crippen molar-refractivity contribution in [3.8, 4) is 5.75 Å². The lowest BCUT2D eigenvalue weighted by atomic mass is 10.0. The molecule has 17 heavy (non-hydrogen) atoms. The fourth-order valence-electron chi connectivity index (χ4n) is 1.68. The molecule has 1 aromatic carbocycles. The standard InChI is InChI=1S/C12H19ClN2OS/c1-16-12-4-3-10(13)7-9(12)8-11(15-14)5-6-17-2/h3-4,7,11,15H,5-6,8,14H2,1-2H3. The van der Waals surface area contributed by atoms with Crippen molar-refractivity contribution in [2.75, 3.05) is 19.1 Å². The van der Waals surface area contributed by atoms with Crippen LogP contribution in [0.2, 0.25) is 5.02 Å². The van der Waals surface area contributed by atoms with Crippen molar-refractivity contribution in [3.63, 3.8) is 0 Å². The first-order valence-electron chi connectivity index (χ1n) is 5.48. The highest BCUT2D eigenvalue weighted by Crippen LogP contribution is 2.24. The van der Waals surface area contributed by atoms with Crippen LogP contribution in [0, 0.1) is 0 Å². The van der Waals surface area contributed by atoms with Gasteiger partial charge in [-0.25, -0.2) is 0 Å². The molecule has 0 spiro atoms. The summed E-state index contributed by atoms with van der Waals surface area (Å²) in [7, 11) is 1.67. The molecule has 1 aromatic rings. The van der Waals surface area contributed by atoms with Gasteiger partial charge in [0, 0.05) is 11.1 Å². The van der Waals surface area contributed by atoms with E-state index in [-0.39, 0.29) is 6.04 Å². The van der Waals surface area contributed by atoms with Crippen molar-refractivity contribution < 1.29 is 4.74 Å². The molecule has 0 bridgehead atoms. The monoisotopic (exact) mass is 274 g/mol. The molecule has 5 heteroatoms. The number of thioether (sulfide) groups is 1. The Kier molecular flexibility index (Phi) is 6.73. The molecule has 96 valence electrons. The van der Waals surface area contributed by atoms with Gasteiger partial charge in [-0.2, -0.15) is 11.8 Å². The van der Waals surface area contributed by atoms with Gasteiger partial charge >= 0.3 is 0 Å². The molecule has 1 rings (SSSR count). The second-order valence-electron chi connectivity index (χ2n) is 3.81. The zero-order valence-electron chi connectivity index (χ0n) is 10.2. The quantitative estimate of drug-likeness (QED) is 0.592. The summed E-state index contributed by atoms with van der Waals surface area (Å²) in [4.78, 5) is 0. The lowest BCUT2D eigenvalue weighted by molar-refractivity contribution is 0.404. The zero-order chi connectivity index (χ0) is 12.7. The van der Waals surface area contributed by atoms with Crippen LogP contribution in [0.1, 0.15) is 12.0 Å². The second-order valence-corrected chi connectivity index (χ2v) is 5.23. The van der Waals surface area contributed by atoms with Gasteiger partial charge in [0.25, 0.3) is 0 Å². The average Bonchev–Trinajstić information content (AvgIpc) is 2.34. The van der Waals surface area contributed by atoms with Crippen molar-refractivity contribution in [1.29, 1.82) is 0 Å². The number of hydrogen-bond acceptors (Lipinski definition) is 4. The molecule has 3 N–H and O–H groups in total. The van der Waals surface area contributed by atoms with Crippen LogP contribution in [0.25, 0.3) is 0 Å². The van der Waals surface area contributed by atoms with E-state index in [2.05, 4.69) is 11.7 Å². The van der Waals surface area contributed by atoms with Crippen molar-refractivity contribution in [2.24, 2.45) is 5.84 Å². The van der Waals surface area contributed by atoms with E-state index < -0.39 is 0 Å². The number of nitrogens with two attached hydrogens (primary N) is 1. The molecule has 0 radical (unpaired) electrons. The third kappa shape index (κ3) is 4.76. The molecule has 0 heterocycles. The third-order valence-electron chi connectivity index (χ3n) is 2.61. The van der Waals surface area contributed by atoms with Gasteiger partial charge in [-0.05, 0) is 48.6 Å². The van der Waals surface area contributed by atoms with E-state index >= 15 is 0 Å². The molecule has 1 atom stereocenters. The topological polar surface area (TPSA) is 47.3 Å². The van der Waals surface area contributed by atoms with Gasteiger partial charge in [-0.1, -0.05) is 11.6 Å². The van der Waals surface area contributed by atoms with Gasteiger partial charge in [0.05, 0.1) is 7.11 Å². The Balaban J connectivity index is 2.73. The van der Waals surface area contributed by atoms with Gasteiger partial charge in [0.15, 0.2) is 0 Å². The number of halogens is 1. The average molecular weight is 275 g/mol. The Morgan fingerprint density at radius 3 is 2.88 bits per heavy atom. The van der Waals surface area contributed by atoms with Crippen LogP contribution in [0.15, 0.2) is 18.2 Å². The summed E-state index contributed by atoms with van der Waals surface area (Å²) in [5, 5.41) is 0.724. The molecular formula is C12H19ClN2OS. The highest BCUT2D eigenvalue weighted by Gasteiger charge is 2.11. The van der Waals surface area contributed by atoms with E-state index in [4.69, 9.17) is 22.2 Å². The molecule has 0 saturated heterocycles. The predicted molar refractivity (Wildman–Crippen MR) is 75.8 cm³/mol. The first-order valence-corrected chi connectivity index (χ1v) is 7.26. The van der Waals surface area contributed by atoms with Gasteiger partial charge in [-0.3, -0.25) is 11.3 Å². The fraction of sp³-hybridized carbons (Fsp3) is 0.500. The van der Waals surface area contributed by atoms with Crippen LogP contribution in [-0.4, -0.2) is 25.2 Å². The lowest BCUT2D eigenvalue weighted by Crippen LogP contribution is -2.37. The Morgan fingerprint density at radius 2 is 2.29 bits per heavy atom. The Bertz CT molecular complexity index is 349. The smallest absolute Gasteiger partial charge is 0.122 e. The van der Waals surface area contributed by atoms with Gasteiger partial charge in [0.2, 0.25) is 0 Å². The molecule has 0 aliphatic heterocycles. The zero-order valence-corrected chi connectivity index (χ0v) is 11.8. The largest absolute Gasteiger partial charge is 0.496 e. The summed E-state index contributed by atoms with van der Waals surface area (Å²) in [6, 6.07) is 5.90. The number of ether oxygens (including phenoxy) is 1. The SMILES string of the molecule is COc1ccc(Cl)cc1CC(CCSC)NN. The first-order chi connectivity index (χ1) is 8.21. The Labute approximate surface area is 112 Å². The molecule has 0 aliphatic rings. The highest BCUT2D eigenvalue weighted by molar-refractivity contribution is 7.98. The molecule has 0 amide bonds. The van der Waals surface area contributed by atoms with Crippen LogP contribution in [0.5, 0.6) is 5.75 Å². The van der Waals surface area contributed by atoms with Crippen molar-refractivity contribution >= 4 is 23.4 Å². The Hall–Kier alpha value is -0.420. The van der Waals surface area contributed by atoms with Crippen molar-refractivity contribution in [1.82, 2.24) is 5.43 Å². The molecule has 0 aliphatic carbocycles. The van der Waals surface area contributed by atoms with Gasteiger partial charge in [0.1, 0.15) is 5.75 Å². The lowest BCUT2D eigenvalue weighted by Gasteiger charge is -2.17. The summed E-state index contributed by atoms with van der Waals surface area (Å²) in [5.41, 5.74) is 3.93. The maximum Gasteiger partial charge on any atom is 0.122 e. The van der Waals surface area contributed by atoms with E-state index in [1.165, 1.54) is 0 Å². The number of benzene rings is 1. The molecule has 1 unspecified atom stereocenters. The second kappa shape index (κ2) is 7.82. The maximum atomic E-state index is 5.99. The summed E-state index contributed by atoms with van der Waals surface area (Å²) >= 11 is 7.81. The summed E-state index contributed by atoms with van der Waals surface area (Å²) in [6.45, 7) is 0. The first kappa shape index (κ1) is 14.6. The van der Waals surface area contributed by atoms with Crippen LogP contribution in [-0.2, 0) is 6.42 Å². The van der Waals surface area contributed by atoms with Crippen LogP contribution >= 0.6 is 23.4 Å². The normalized spacial score (nSPS) is 12.5. The molecule has 3 nitrogen and oxygen atoms in total. The van der Waals surface area contributed by atoms with Crippen LogP contribution < -0.4 is 16.0 Å². The van der Waals surface area contributed by atoms with Crippen LogP contribution in [0.4, 0.5) is 0 Å². The minimum atomic E-state index is 0.245. The number of nitrogens with one attached hydrogen (secondary N) is 1. The maximum absolute atomic E-state index is 5.99. The number of rotatable bonds is 7. The molecule has 0 aromatic heterocycles. The van der Waals surface area contributed by atoms with Crippen LogP contribution in [0.3, 0.4) is 0 Å². The summed E-state index contributed by atoms with van der Waals surface area (Å²) in [6.07, 6.45) is 3.93.